The summed E-state index contributed by atoms with van der Waals surface area (Å²) < 4.78 is 0. The van der Waals surface area contributed by atoms with Gasteiger partial charge in [0.25, 0.3) is 11.8 Å². The number of amides is 6. The van der Waals surface area contributed by atoms with Gasteiger partial charge in [-0.2, -0.15) is 0 Å². The third-order valence-electron chi connectivity index (χ3n) is 12.7. The Morgan fingerprint density at radius 2 is 1.08 bits per heavy atom. The first-order valence-electron chi connectivity index (χ1n) is 20.5. The molecule has 60 heavy (non-hydrogen) atoms. The lowest BCUT2D eigenvalue weighted by Gasteiger charge is -2.49. The zero-order chi connectivity index (χ0) is 41.0. The van der Waals surface area contributed by atoms with Crippen LogP contribution < -0.4 is 20.4 Å². The summed E-state index contributed by atoms with van der Waals surface area (Å²) in [4.78, 5) is 73.3. The predicted molar refractivity (Wildman–Crippen MR) is 229 cm³/mol. The number of anilines is 6. The summed E-state index contributed by atoms with van der Waals surface area (Å²) in [6.45, 7) is 7.97. The molecule has 0 aliphatic carbocycles. The molecular weight excluding hydrogens is 757 g/mol. The van der Waals surface area contributed by atoms with Crippen molar-refractivity contribution in [2.75, 3.05) is 79.8 Å². The van der Waals surface area contributed by atoms with Gasteiger partial charge in [0.1, 0.15) is 0 Å². The van der Waals surface area contributed by atoms with Crippen LogP contribution in [0.3, 0.4) is 0 Å². The van der Waals surface area contributed by atoms with Crippen molar-refractivity contribution < 1.29 is 19.2 Å². The number of nitrogens with one attached hydrogen (secondary N) is 2. The number of carbonyl (C=O) groups is 4. The van der Waals surface area contributed by atoms with Crippen molar-refractivity contribution in [3.05, 3.63) is 132 Å². The molecule has 8 heterocycles. The number of aromatic nitrogens is 2. The molecule has 5 aromatic rings. The zero-order valence-electron chi connectivity index (χ0n) is 33.5. The average molecular weight is 803 g/mol. The summed E-state index contributed by atoms with van der Waals surface area (Å²) in [5.74, 6) is 0.461. The maximum atomic E-state index is 13.7. The molecule has 4 saturated heterocycles. The molecule has 3 aromatic carbocycles. The summed E-state index contributed by atoms with van der Waals surface area (Å²) in [6.07, 6.45) is 5.40. The monoisotopic (exact) mass is 802 g/mol. The van der Waals surface area contributed by atoms with E-state index in [4.69, 9.17) is 0 Å². The molecule has 2 spiro atoms. The van der Waals surface area contributed by atoms with Gasteiger partial charge in [-0.25, -0.2) is 29.4 Å². The number of rotatable bonds is 2. The van der Waals surface area contributed by atoms with Crippen LogP contribution in [0.15, 0.2) is 116 Å². The van der Waals surface area contributed by atoms with E-state index in [2.05, 4.69) is 61.7 Å². The zero-order valence-corrected chi connectivity index (χ0v) is 33.5. The van der Waals surface area contributed by atoms with Crippen LogP contribution in [-0.4, -0.2) is 113 Å². The Balaban J connectivity index is 0.000000147. The van der Waals surface area contributed by atoms with E-state index in [0.717, 1.165) is 71.7 Å². The fraction of sp³-hybridized carbons (Fsp3) is 0.304. The van der Waals surface area contributed by atoms with Crippen LogP contribution in [0.2, 0.25) is 0 Å². The van der Waals surface area contributed by atoms with Crippen molar-refractivity contribution in [1.82, 2.24) is 29.6 Å². The Morgan fingerprint density at radius 1 is 0.583 bits per heavy atom. The highest BCUT2D eigenvalue weighted by Crippen LogP contribution is 2.44. The highest BCUT2D eigenvalue weighted by Gasteiger charge is 2.51. The third kappa shape index (κ3) is 6.71. The summed E-state index contributed by atoms with van der Waals surface area (Å²) in [6, 6.07) is 31.7. The number of benzene rings is 3. The first-order chi connectivity index (χ1) is 29.2. The number of pyridine rings is 2. The lowest BCUT2D eigenvalue weighted by Crippen LogP contribution is -2.61. The molecule has 2 N–H and O–H groups in total. The first kappa shape index (κ1) is 37.6. The molecule has 0 unspecified atom stereocenters. The van der Waals surface area contributed by atoms with E-state index in [0.29, 0.717) is 45.5 Å². The van der Waals surface area contributed by atoms with Crippen molar-refractivity contribution in [3.8, 4) is 0 Å². The van der Waals surface area contributed by atoms with E-state index in [-0.39, 0.29) is 34.7 Å². The van der Waals surface area contributed by atoms with Gasteiger partial charge < -0.3 is 25.3 Å². The number of nitrogens with zero attached hydrogens (tertiary/aromatic N) is 8. The molecule has 0 radical (unpaired) electrons. The van der Waals surface area contributed by atoms with Crippen molar-refractivity contribution in [1.29, 1.82) is 0 Å². The fourth-order valence-electron chi connectivity index (χ4n) is 9.96. The van der Waals surface area contributed by atoms with Gasteiger partial charge in [0.2, 0.25) is 0 Å². The quantitative estimate of drug-likeness (QED) is 0.202. The average Bonchev–Trinajstić information content (AvgIpc) is 3.82. The van der Waals surface area contributed by atoms with Gasteiger partial charge in [0, 0.05) is 75.6 Å². The van der Waals surface area contributed by atoms with Gasteiger partial charge in [-0.1, -0.05) is 54.6 Å². The summed E-state index contributed by atoms with van der Waals surface area (Å²) >= 11 is 0. The minimum Gasteiger partial charge on any atom is -0.323 e. The molecule has 0 atom stereocenters. The number of para-hydroxylation sites is 2. The van der Waals surface area contributed by atoms with Crippen molar-refractivity contribution >= 4 is 58.3 Å². The molecule has 0 bridgehead atoms. The number of carbonyl (C=O) groups excluding carboxylic acids is 4. The van der Waals surface area contributed by atoms with E-state index in [1.807, 2.05) is 40.1 Å². The van der Waals surface area contributed by atoms with Crippen molar-refractivity contribution in [2.45, 2.75) is 19.4 Å². The summed E-state index contributed by atoms with van der Waals surface area (Å²) in [7, 11) is 2.11. The maximum Gasteiger partial charge on any atom is 0.330 e. The minimum atomic E-state index is -0.234. The van der Waals surface area contributed by atoms with Crippen molar-refractivity contribution in [2.24, 2.45) is 10.8 Å². The van der Waals surface area contributed by atoms with Crippen LogP contribution >= 0.6 is 0 Å². The summed E-state index contributed by atoms with van der Waals surface area (Å²) in [5.41, 5.74) is 4.85. The fourth-order valence-corrected chi connectivity index (χ4v) is 9.96. The van der Waals surface area contributed by atoms with Gasteiger partial charge in [-0.3, -0.25) is 14.5 Å². The Bertz CT molecular complexity index is 2500. The van der Waals surface area contributed by atoms with E-state index in [1.54, 1.807) is 70.7 Å². The molecule has 4 fully saturated rings. The van der Waals surface area contributed by atoms with Gasteiger partial charge in [-0.05, 0) is 80.5 Å². The third-order valence-corrected chi connectivity index (χ3v) is 12.7. The molecule has 0 saturated carbocycles. The van der Waals surface area contributed by atoms with Gasteiger partial charge >= 0.3 is 12.1 Å². The lowest BCUT2D eigenvalue weighted by molar-refractivity contribution is 0.0339. The van der Waals surface area contributed by atoms with E-state index in [9.17, 15) is 19.2 Å². The van der Waals surface area contributed by atoms with Gasteiger partial charge in [0.05, 0.1) is 33.9 Å². The second kappa shape index (κ2) is 14.9. The Kier molecular flexibility index (Phi) is 9.33. The smallest absolute Gasteiger partial charge is 0.323 e. The summed E-state index contributed by atoms with van der Waals surface area (Å²) in [5, 5.41) is 5.77. The second-order valence-corrected chi connectivity index (χ2v) is 17.1. The SMILES string of the molecule is CN1CC2(CCN(C(=O)N3c4ccccc4C(=O)Nc4cccnc43)C2)C1.O=C1Nc2cccnc2N(C(=O)N2CC3(CCN(Cc4ccccc4)C3)C2)c2ccccc21. The van der Waals surface area contributed by atoms with E-state index < -0.39 is 0 Å². The van der Waals surface area contributed by atoms with Crippen LogP contribution in [0.5, 0.6) is 0 Å². The number of urea groups is 2. The largest absolute Gasteiger partial charge is 0.330 e. The van der Waals surface area contributed by atoms with Crippen LogP contribution in [0, 0.1) is 10.8 Å². The normalized spacial score (nSPS) is 19.6. The highest BCUT2D eigenvalue weighted by atomic mass is 16.2. The van der Waals surface area contributed by atoms with Crippen LogP contribution in [0.25, 0.3) is 0 Å². The lowest BCUT2D eigenvalue weighted by atomic mass is 9.79. The molecule has 6 aliphatic rings. The number of fused-ring (bicyclic) bond motifs is 4. The van der Waals surface area contributed by atoms with Crippen LogP contribution in [0.4, 0.5) is 44.0 Å². The van der Waals surface area contributed by atoms with Crippen LogP contribution in [0.1, 0.15) is 39.1 Å². The minimum absolute atomic E-state index is 0.120. The number of likely N-dealkylation sites (tertiary alicyclic amines) is 4. The molecule has 14 nitrogen and oxygen atoms in total. The van der Waals surface area contributed by atoms with Crippen molar-refractivity contribution in [3.63, 3.8) is 0 Å². The Labute approximate surface area is 348 Å². The van der Waals surface area contributed by atoms with E-state index in [1.165, 1.54) is 5.56 Å². The second-order valence-electron chi connectivity index (χ2n) is 17.1. The maximum absolute atomic E-state index is 13.7. The standard InChI is InChI=1S/C26H25N5O2.C20H21N5O2/c32-24-20-9-4-5-11-22(20)31(23-21(28-24)10-6-13-27-23)25(33)30-17-26(18-30)12-14-29(16-26)15-19-7-2-1-3-8-19;1-23-11-20(12-23)8-10-24(13-20)19(27)25-16-7-3-2-5-14(16)18(26)22-15-6-4-9-21-17(15)25/h1-11,13H,12,14-18H2,(H,28,32);2-7,9H,8,10-13H2,1H3,(H,22,26). The predicted octanol–water partition coefficient (Wildman–Crippen LogP) is 6.66. The highest BCUT2D eigenvalue weighted by molar-refractivity contribution is 6.18. The number of hydrogen-bond donors (Lipinski definition) is 2. The molecule has 304 valence electrons. The molecule has 11 rings (SSSR count). The topological polar surface area (TPSA) is 138 Å². The first-order valence-corrected chi connectivity index (χ1v) is 20.5. The molecule has 14 heteroatoms. The Hall–Kier alpha value is -6.64. The van der Waals surface area contributed by atoms with Crippen LogP contribution in [-0.2, 0) is 6.54 Å². The molecule has 6 aliphatic heterocycles. The van der Waals surface area contributed by atoms with Gasteiger partial charge in [-0.15, -0.1) is 0 Å². The Morgan fingerprint density at radius 3 is 1.67 bits per heavy atom. The molecule has 2 aromatic heterocycles. The molecule has 6 amide bonds. The number of hydrogen-bond acceptors (Lipinski definition) is 8. The van der Waals surface area contributed by atoms with Gasteiger partial charge in [0.15, 0.2) is 11.6 Å². The molecular formula is C46H46N10O4. The van der Waals surface area contributed by atoms with E-state index >= 15 is 0 Å².